The number of piperazine rings is 1. The molecule has 0 aliphatic carbocycles. The molecular weight excluding hydrogens is 354 g/mol. The van der Waals surface area contributed by atoms with Gasteiger partial charge in [-0.05, 0) is 12.0 Å². The average Bonchev–Trinajstić information content (AvgIpc) is 2.93. The number of benzene rings is 1. The molecule has 2 aliphatic rings. The second kappa shape index (κ2) is 7.26. The fourth-order valence-corrected chi connectivity index (χ4v) is 5.78. The largest absolute Gasteiger partial charge is 0.335 e. The van der Waals surface area contributed by atoms with Gasteiger partial charge in [-0.3, -0.25) is 4.79 Å². The fraction of sp³-hybridized carbons (Fsp3) is 0.556. The van der Waals surface area contributed by atoms with Crippen LogP contribution in [0.2, 0.25) is 0 Å². The van der Waals surface area contributed by atoms with Gasteiger partial charge in [0.2, 0.25) is 5.91 Å². The van der Waals surface area contributed by atoms with Gasteiger partial charge in [0.25, 0.3) is 0 Å². The van der Waals surface area contributed by atoms with Crippen LogP contribution in [-0.2, 0) is 21.1 Å². The third-order valence-electron chi connectivity index (χ3n) is 5.09. The molecular formula is C18H25N3O4S. The summed E-state index contributed by atoms with van der Waals surface area (Å²) in [5, 5.41) is 0. The second-order valence-electron chi connectivity index (χ2n) is 7.15. The Morgan fingerprint density at radius 2 is 1.62 bits per heavy atom. The lowest BCUT2D eigenvalue weighted by Gasteiger charge is -2.44. The summed E-state index contributed by atoms with van der Waals surface area (Å²) in [6.07, 6.45) is 0.968. The Morgan fingerprint density at radius 3 is 2.23 bits per heavy atom. The molecule has 1 aromatic rings. The Kier molecular flexibility index (Phi) is 5.22. The van der Waals surface area contributed by atoms with Crippen LogP contribution in [0.3, 0.4) is 0 Å². The predicted molar refractivity (Wildman–Crippen MR) is 98.5 cm³/mol. The molecule has 2 heterocycles. The number of carbonyl (C=O) groups is 2. The molecule has 2 unspecified atom stereocenters. The molecule has 0 bridgehead atoms. The van der Waals surface area contributed by atoms with Crippen LogP contribution >= 0.6 is 0 Å². The van der Waals surface area contributed by atoms with Gasteiger partial charge >= 0.3 is 6.03 Å². The van der Waals surface area contributed by atoms with Crippen molar-refractivity contribution in [3.05, 3.63) is 35.9 Å². The standard InChI is InChI=1S/C18H25N3O4S/c1-19(2)18(23)21-11-10-20(15-12-26(24,25)13-16(15)21)17(22)9-8-14-6-4-3-5-7-14/h3-7,15-16H,8-13H2,1-2H3. The monoisotopic (exact) mass is 379 g/mol. The van der Waals surface area contributed by atoms with Crippen LogP contribution < -0.4 is 0 Å². The number of urea groups is 1. The van der Waals surface area contributed by atoms with Gasteiger partial charge in [-0.25, -0.2) is 13.2 Å². The Balaban J connectivity index is 1.73. The van der Waals surface area contributed by atoms with Crippen LogP contribution in [0.15, 0.2) is 30.3 Å². The predicted octanol–water partition coefficient (Wildman–Crippen LogP) is 0.611. The summed E-state index contributed by atoms with van der Waals surface area (Å²) in [7, 11) is 0.0411. The number of sulfone groups is 1. The van der Waals surface area contributed by atoms with Gasteiger partial charge in [-0.2, -0.15) is 0 Å². The topological polar surface area (TPSA) is 78.0 Å². The number of aryl methyl sites for hydroxylation is 1. The molecule has 8 heteroatoms. The number of amides is 3. The van der Waals surface area contributed by atoms with E-state index in [0.717, 1.165) is 5.56 Å². The van der Waals surface area contributed by atoms with Gasteiger partial charge in [0.15, 0.2) is 9.84 Å². The van der Waals surface area contributed by atoms with Crippen LogP contribution in [0.25, 0.3) is 0 Å². The van der Waals surface area contributed by atoms with E-state index in [1.807, 2.05) is 30.3 Å². The maximum absolute atomic E-state index is 12.8. The van der Waals surface area contributed by atoms with Gasteiger partial charge in [-0.1, -0.05) is 30.3 Å². The summed E-state index contributed by atoms with van der Waals surface area (Å²) < 4.78 is 24.4. The highest BCUT2D eigenvalue weighted by molar-refractivity contribution is 7.91. The number of fused-ring (bicyclic) bond motifs is 1. The zero-order chi connectivity index (χ0) is 18.9. The van der Waals surface area contributed by atoms with E-state index < -0.39 is 21.9 Å². The third-order valence-corrected chi connectivity index (χ3v) is 6.79. The highest BCUT2D eigenvalue weighted by Gasteiger charge is 2.49. The van der Waals surface area contributed by atoms with E-state index in [1.165, 1.54) is 4.90 Å². The molecule has 1 aromatic carbocycles. The Labute approximate surface area is 154 Å². The van der Waals surface area contributed by atoms with E-state index in [1.54, 1.807) is 23.9 Å². The molecule has 26 heavy (non-hydrogen) atoms. The zero-order valence-corrected chi connectivity index (χ0v) is 16.0. The summed E-state index contributed by atoms with van der Waals surface area (Å²) >= 11 is 0. The summed E-state index contributed by atoms with van der Waals surface area (Å²) in [4.78, 5) is 29.9. The van der Waals surface area contributed by atoms with E-state index in [2.05, 4.69) is 0 Å². The molecule has 0 spiro atoms. The fourth-order valence-electron chi connectivity index (χ4n) is 3.80. The number of rotatable bonds is 3. The highest BCUT2D eigenvalue weighted by Crippen LogP contribution is 2.28. The minimum absolute atomic E-state index is 0.0436. The smallest absolute Gasteiger partial charge is 0.319 e. The maximum Gasteiger partial charge on any atom is 0.319 e. The second-order valence-corrected chi connectivity index (χ2v) is 9.31. The first-order valence-corrected chi connectivity index (χ1v) is 10.6. The quantitative estimate of drug-likeness (QED) is 0.771. The Morgan fingerprint density at radius 1 is 1.04 bits per heavy atom. The third kappa shape index (κ3) is 3.85. The first kappa shape index (κ1) is 18.7. The molecule has 0 saturated carbocycles. The molecule has 2 atom stereocenters. The van der Waals surface area contributed by atoms with Gasteiger partial charge < -0.3 is 14.7 Å². The van der Waals surface area contributed by atoms with E-state index in [9.17, 15) is 18.0 Å². The van der Waals surface area contributed by atoms with Gasteiger partial charge in [0.05, 0.1) is 23.6 Å². The molecule has 3 amide bonds. The molecule has 2 aliphatic heterocycles. The van der Waals surface area contributed by atoms with Crippen LogP contribution in [-0.4, -0.2) is 85.8 Å². The molecule has 0 N–H and O–H groups in total. The molecule has 2 fully saturated rings. The molecule has 0 aromatic heterocycles. The number of hydrogen-bond donors (Lipinski definition) is 0. The molecule has 2 saturated heterocycles. The molecule has 0 radical (unpaired) electrons. The highest BCUT2D eigenvalue weighted by atomic mass is 32.2. The lowest BCUT2D eigenvalue weighted by Crippen LogP contribution is -2.63. The SMILES string of the molecule is CN(C)C(=O)N1CCN(C(=O)CCc2ccccc2)C2CS(=O)(=O)CC21. The molecule has 3 rings (SSSR count). The van der Waals surface area contributed by atoms with Crippen molar-refractivity contribution in [3.8, 4) is 0 Å². The maximum atomic E-state index is 12.8. The van der Waals surface area contributed by atoms with Gasteiger partial charge in [-0.15, -0.1) is 0 Å². The van der Waals surface area contributed by atoms with E-state index >= 15 is 0 Å². The van der Waals surface area contributed by atoms with Crippen LogP contribution in [0.5, 0.6) is 0 Å². The Hall–Kier alpha value is -2.09. The van der Waals surface area contributed by atoms with E-state index in [0.29, 0.717) is 25.9 Å². The lowest BCUT2D eigenvalue weighted by atomic mass is 10.0. The first-order chi connectivity index (χ1) is 12.3. The van der Waals surface area contributed by atoms with Gasteiger partial charge in [0.1, 0.15) is 0 Å². The van der Waals surface area contributed by atoms with Gasteiger partial charge in [0, 0.05) is 33.6 Å². The van der Waals surface area contributed by atoms with E-state index in [4.69, 9.17) is 0 Å². The van der Waals surface area contributed by atoms with Crippen molar-refractivity contribution in [2.75, 3.05) is 38.7 Å². The summed E-state index contributed by atoms with van der Waals surface area (Å²) in [6, 6.07) is 8.66. The van der Waals surface area contributed by atoms with Crippen molar-refractivity contribution in [1.29, 1.82) is 0 Å². The average molecular weight is 379 g/mol. The van der Waals surface area contributed by atoms with Crippen molar-refractivity contribution < 1.29 is 18.0 Å². The first-order valence-electron chi connectivity index (χ1n) is 8.80. The minimum Gasteiger partial charge on any atom is -0.335 e. The lowest BCUT2D eigenvalue weighted by molar-refractivity contribution is -0.136. The minimum atomic E-state index is -3.26. The van der Waals surface area contributed by atoms with Crippen molar-refractivity contribution >= 4 is 21.8 Å². The van der Waals surface area contributed by atoms with Crippen LogP contribution in [0.1, 0.15) is 12.0 Å². The van der Waals surface area contributed by atoms with Crippen LogP contribution in [0, 0.1) is 0 Å². The van der Waals surface area contributed by atoms with Crippen molar-refractivity contribution in [3.63, 3.8) is 0 Å². The number of hydrogen-bond acceptors (Lipinski definition) is 4. The molecule has 142 valence electrons. The summed E-state index contributed by atoms with van der Waals surface area (Å²) in [5.41, 5.74) is 1.08. The van der Waals surface area contributed by atoms with Crippen molar-refractivity contribution in [1.82, 2.24) is 14.7 Å². The summed E-state index contributed by atoms with van der Waals surface area (Å²) in [6.45, 7) is 0.745. The van der Waals surface area contributed by atoms with Crippen LogP contribution in [0.4, 0.5) is 4.79 Å². The zero-order valence-electron chi connectivity index (χ0n) is 15.2. The summed E-state index contributed by atoms with van der Waals surface area (Å²) in [5.74, 6) is -0.177. The number of nitrogens with zero attached hydrogens (tertiary/aromatic N) is 3. The Bertz CT molecular complexity index is 779. The molecule has 7 nitrogen and oxygen atoms in total. The normalized spacial score (nSPS) is 24.2. The van der Waals surface area contributed by atoms with Crippen molar-refractivity contribution in [2.24, 2.45) is 0 Å². The van der Waals surface area contributed by atoms with E-state index in [-0.39, 0.29) is 23.4 Å². The van der Waals surface area contributed by atoms with Crippen molar-refractivity contribution in [2.45, 2.75) is 24.9 Å². The number of carbonyl (C=O) groups excluding carboxylic acids is 2.